The summed E-state index contributed by atoms with van der Waals surface area (Å²) in [6.07, 6.45) is 0.582. The van der Waals surface area contributed by atoms with E-state index in [1.807, 2.05) is 0 Å². The second-order valence-electron chi connectivity index (χ2n) is 2.87. The summed E-state index contributed by atoms with van der Waals surface area (Å²) < 4.78 is 13.2. The number of benzene rings is 1. The highest BCUT2D eigenvalue weighted by Gasteiger charge is 2.10. The van der Waals surface area contributed by atoms with Gasteiger partial charge in [0.1, 0.15) is 5.82 Å². The molecule has 4 nitrogen and oxygen atoms in total. The molecule has 0 saturated heterocycles. The number of rotatable bonds is 2. The third-order valence-corrected chi connectivity index (χ3v) is 2.04. The van der Waals surface area contributed by atoms with Gasteiger partial charge in [-0.15, -0.1) is 0 Å². The van der Waals surface area contributed by atoms with Crippen LogP contribution in [0.3, 0.4) is 0 Å². The number of imidazole rings is 1. The van der Waals surface area contributed by atoms with E-state index in [9.17, 15) is 9.18 Å². The van der Waals surface area contributed by atoms with Gasteiger partial charge in [0.05, 0.1) is 11.0 Å². The topological polar surface area (TPSA) is 71.8 Å². The van der Waals surface area contributed by atoms with Crippen molar-refractivity contribution in [2.45, 2.75) is 6.54 Å². The van der Waals surface area contributed by atoms with Gasteiger partial charge in [0.15, 0.2) is 12.1 Å². The molecule has 14 heavy (non-hydrogen) atoms. The van der Waals surface area contributed by atoms with Crippen LogP contribution >= 0.6 is 0 Å². The highest BCUT2D eigenvalue weighted by molar-refractivity contribution is 5.84. The van der Waals surface area contributed by atoms with Crippen LogP contribution < -0.4 is 5.73 Å². The zero-order valence-corrected chi connectivity index (χ0v) is 7.25. The van der Waals surface area contributed by atoms with Crippen LogP contribution in [0, 0.1) is 5.82 Å². The molecule has 1 aromatic heterocycles. The maximum Gasteiger partial charge on any atom is 0.185 e. The first-order chi connectivity index (χ1) is 6.76. The fraction of sp³-hybridized carbons (Fsp3) is 0.111. The molecule has 0 spiro atoms. The van der Waals surface area contributed by atoms with Gasteiger partial charge in [0, 0.05) is 12.1 Å². The Morgan fingerprint density at radius 2 is 2.36 bits per heavy atom. The summed E-state index contributed by atoms with van der Waals surface area (Å²) >= 11 is 0. The molecule has 0 unspecified atom stereocenters. The maximum absolute atomic E-state index is 13.2. The maximum atomic E-state index is 13.2. The average Bonchev–Trinajstić information content (AvgIpc) is 2.60. The predicted octanol–water partition coefficient (Wildman–Crippen LogP) is 0.973. The van der Waals surface area contributed by atoms with Gasteiger partial charge in [-0.2, -0.15) is 0 Å². The number of aromatic amines is 1. The molecule has 72 valence electrons. The number of carbonyl (C=O) groups excluding carboxylic acids is 1. The molecule has 0 amide bonds. The SMILES string of the molecule is NCc1c(F)ccc2[nH]c(C=O)nc12. The third kappa shape index (κ3) is 1.18. The van der Waals surface area contributed by atoms with E-state index in [0.717, 1.165) is 0 Å². The van der Waals surface area contributed by atoms with Gasteiger partial charge in [-0.3, -0.25) is 4.79 Å². The van der Waals surface area contributed by atoms with Crippen molar-refractivity contribution in [2.24, 2.45) is 5.73 Å². The minimum atomic E-state index is -0.399. The molecule has 0 radical (unpaired) electrons. The van der Waals surface area contributed by atoms with Crippen molar-refractivity contribution in [3.05, 3.63) is 29.3 Å². The Morgan fingerprint density at radius 1 is 1.57 bits per heavy atom. The molecule has 0 saturated carbocycles. The summed E-state index contributed by atoms with van der Waals surface area (Å²) in [4.78, 5) is 17.1. The number of nitrogens with zero attached hydrogens (tertiary/aromatic N) is 1. The summed E-state index contributed by atoms with van der Waals surface area (Å²) in [5.74, 6) is -0.218. The normalized spacial score (nSPS) is 10.7. The number of H-pyrrole nitrogens is 1. The lowest BCUT2D eigenvalue weighted by molar-refractivity contribution is 0.111. The first-order valence-electron chi connectivity index (χ1n) is 4.08. The van der Waals surface area contributed by atoms with Gasteiger partial charge in [-0.05, 0) is 12.1 Å². The Hall–Kier alpha value is -1.75. The summed E-state index contributed by atoms with van der Waals surface area (Å²) in [5, 5.41) is 0. The molecule has 2 rings (SSSR count). The molecule has 1 aromatic carbocycles. The Morgan fingerprint density at radius 3 is 3.00 bits per heavy atom. The number of nitrogens with one attached hydrogen (secondary N) is 1. The van der Waals surface area contributed by atoms with E-state index < -0.39 is 5.82 Å². The van der Waals surface area contributed by atoms with Crippen LogP contribution in [0.5, 0.6) is 0 Å². The van der Waals surface area contributed by atoms with Crippen LogP contribution in [0.1, 0.15) is 16.2 Å². The van der Waals surface area contributed by atoms with Gasteiger partial charge >= 0.3 is 0 Å². The molecule has 5 heteroatoms. The molecular formula is C9H8FN3O. The Labute approximate surface area is 78.9 Å². The van der Waals surface area contributed by atoms with Crippen LogP contribution in [-0.2, 0) is 6.54 Å². The predicted molar refractivity (Wildman–Crippen MR) is 49.3 cm³/mol. The van der Waals surface area contributed by atoms with Crippen LogP contribution in [0.2, 0.25) is 0 Å². The molecule has 0 aliphatic carbocycles. The molecule has 0 bridgehead atoms. The Bertz CT molecular complexity index is 492. The van der Waals surface area contributed by atoms with Crippen molar-refractivity contribution >= 4 is 17.3 Å². The monoisotopic (exact) mass is 193 g/mol. The minimum Gasteiger partial charge on any atom is -0.336 e. The van der Waals surface area contributed by atoms with Gasteiger partial charge in [-0.25, -0.2) is 9.37 Å². The molecule has 2 aromatic rings. The van der Waals surface area contributed by atoms with Gasteiger partial charge < -0.3 is 10.7 Å². The van der Waals surface area contributed by atoms with E-state index in [1.54, 1.807) is 0 Å². The van der Waals surface area contributed by atoms with Crippen molar-refractivity contribution < 1.29 is 9.18 Å². The number of fused-ring (bicyclic) bond motifs is 1. The van der Waals surface area contributed by atoms with E-state index in [-0.39, 0.29) is 12.4 Å². The standard InChI is InChI=1S/C9H8FN3O/c10-6-1-2-7-9(5(6)3-11)13-8(4-14)12-7/h1-2,4H,3,11H2,(H,12,13). The number of aldehydes is 1. The fourth-order valence-electron chi connectivity index (χ4n) is 1.38. The van der Waals surface area contributed by atoms with E-state index in [1.165, 1.54) is 12.1 Å². The van der Waals surface area contributed by atoms with Crippen LogP contribution in [0.25, 0.3) is 11.0 Å². The molecule has 0 fully saturated rings. The molecular weight excluding hydrogens is 185 g/mol. The lowest BCUT2D eigenvalue weighted by atomic mass is 10.2. The smallest absolute Gasteiger partial charge is 0.185 e. The Balaban J connectivity index is 2.79. The summed E-state index contributed by atoms with van der Waals surface area (Å²) in [7, 11) is 0. The van der Waals surface area contributed by atoms with Crippen molar-refractivity contribution in [2.75, 3.05) is 0 Å². The van der Waals surface area contributed by atoms with Crippen LogP contribution in [0.15, 0.2) is 12.1 Å². The van der Waals surface area contributed by atoms with Gasteiger partial charge in [0.2, 0.25) is 0 Å². The van der Waals surface area contributed by atoms with E-state index in [2.05, 4.69) is 9.97 Å². The third-order valence-electron chi connectivity index (χ3n) is 2.04. The van der Waals surface area contributed by atoms with Crippen molar-refractivity contribution in [1.82, 2.24) is 9.97 Å². The van der Waals surface area contributed by atoms with Crippen LogP contribution in [0.4, 0.5) is 4.39 Å². The lowest BCUT2D eigenvalue weighted by Crippen LogP contribution is -2.00. The molecule has 0 aliphatic rings. The summed E-state index contributed by atoms with van der Waals surface area (Å²) in [5.41, 5.74) is 6.76. The second kappa shape index (κ2) is 3.19. The van der Waals surface area contributed by atoms with Gasteiger partial charge in [-0.1, -0.05) is 0 Å². The summed E-state index contributed by atoms with van der Waals surface area (Å²) in [6, 6.07) is 2.83. The molecule has 3 N–H and O–H groups in total. The molecule has 0 atom stereocenters. The van der Waals surface area contributed by atoms with Crippen molar-refractivity contribution in [1.29, 1.82) is 0 Å². The molecule has 1 heterocycles. The first-order valence-corrected chi connectivity index (χ1v) is 4.08. The first kappa shape index (κ1) is 8.83. The van der Waals surface area contributed by atoms with E-state index in [0.29, 0.717) is 22.9 Å². The second-order valence-corrected chi connectivity index (χ2v) is 2.87. The number of halogens is 1. The van der Waals surface area contributed by atoms with Crippen molar-refractivity contribution in [3.63, 3.8) is 0 Å². The summed E-state index contributed by atoms with van der Waals surface area (Å²) in [6.45, 7) is 0.0618. The average molecular weight is 193 g/mol. The number of carbonyl (C=O) groups is 1. The number of hydrogen-bond donors (Lipinski definition) is 2. The zero-order chi connectivity index (χ0) is 10.1. The minimum absolute atomic E-state index is 0.0618. The highest BCUT2D eigenvalue weighted by atomic mass is 19.1. The quantitative estimate of drug-likeness (QED) is 0.698. The van der Waals surface area contributed by atoms with Crippen molar-refractivity contribution in [3.8, 4) is 0 Å². The highest BCUT2D eigenvalue weighted by Crippen LogP contribution is 2.18. The number of aromatic nitrogens is 2. The largest absolute Gasteiger partial charge is 0.336 e. The van der Waals surface area contributed by atoms with Gasteiger partial charge in [0.25, 0.3) is 0 Å². The number of hydrogen-bond acceptors (Lipinski definition) is 3. The zero-order valence-electron chi connectivity index (χ0n) is 7.25. The van der Waals surface area contributed by atoms with E-state index >= 15 is 0 Å². The number of nitrogens with two attached hydrogens (primary N) is 1. The molecule has 0 aliphatic heterocycles. The Kier molecular flexibility index (Phi) is 2.01. The fourth-order valence-corrected chi connectivity index (χ4v) is 1.38. The van der Waals surface area contributed by atoms with Crippen LogP contribution in [-0.4, -0.2) is 16.3 Å². The van der Waals surface area contributed by atoms with E-state index in [4.69, 9.17) is 5.73 Å². The lowest BCUT2D eigenvalue weighted by Gasteiger charge is -1.98.